The number of aromatic nitrogens is 1. The van der Waals surface area contributed by atoms with Crippen molar-refractivity contribution >= 4 is 23.4 Å². The van der Waals surface area contributed by atoms with Gasteiger partial charge in [-0.3, -0.25) is 9.69 Å². The van der Waals surface area contributed by atoms with Gasteiger partial charge in [0.25, 0.3) is 5.91 Å². The number of rotatable bonds is 6. The van der Waals surface area contributed by atoms with E-state index in [2.05, 4.69) is 29.8 Å². The van der Waals surface area contributed by atoms with Crippen molar-refractivity contribution in [3.8, 4) is 5.75 Å². The fraction of sp³-hybridized carbons (Fsp3) is 0.387. The molecule has 204 valence electrons. The van der Waals surface area contributed by atoms with Gasteiger partial charge in [0.2, 0.25) is 0 Å². The molecule has 2 fully saturated rings. The van der Waals surface area contributed by atoms with Crippen molar-refractivity contribution in [2.24, 2.45) is 0 Å². The number of amides is 3. The first-order valence-electron chi connectivity index (χ1n) is 13.5. The van der Waals surface area contributed by atoms with E-state index in [1.165, 1.54) is 0 Å². The highest BCUT2D eigenvalue weighted by Crippen LogP contribution is 2.29. The summed E-state index contributed by atoms with van der Waals surface area (Å²) in [5.41, 5.74) is 5.76. The molecule has 0 saturated carbocycles. The van der Waals surface area contributed by atoms with Gasteiger partial charge in [-0.15, -0.1) is 0 Å². The van der Waals surface area contributed by atoms with Crippen LogP contribution in [0.15, 0.2) is 54.7 Å². The number of methoxy groups -OCH3 is 1. The average molecular weight is 528 g/mol. The lowest BCUT2D eigenvalue weighted by atomic mass is 10.0. The number of pyridine rings is 1. The van der Waals surface area contributed by atoms with Crippen molar-refractivity contribution in [1.82, 2.24) is 14.8 Å². The Morgan fingerprint density at radius 1 is 0.974 bits per heavy atom. The second-order valence-electron chi connectivity index (χ2n) is 10.7. The Hall–Kier alpha value is -4.07. The molecule has 8 nitrogen and oxygen atoms in total. The lowest BCUT2D eigenvalue weighted by Gasteiger charge is -2.36. The lowest BCUT2D eigenvalue weighted by molar-refractivity contribution is 0.0746. The van der Waals surface area contributed by atoms with Crippen LogP contribution in [0.4, 0.5) is 16.3 Å². The molecule has 0 radical (unpaired) electrons. The van der Waals surface area contributed by atoms with Gasteiger partial charge < -0.3 is 19.4 Å². The number of urea groups is 1. The average Bonchev–Trinajstić information content (AvgIpc) is 3.21. The van der Waals surface area contributed by atoms with E-state index in [1.54, 1.807) is 7.11 Å². The third-order valence-electron chi connectivity index (χ3n) is 7.71. The highest BCUT2D eigenvalue weighted by Gasteiger charge is 2.36. The highest BCUT2D eigenvalue weighted by atomic mass is 16.5. The summed E-state index contributed by atoms with van der Waals surface area (Å²) in [6.07, 6.45) is 1.90. The Balaban J connectivity index is 1.24. The normalized spacial score (nSPS) is 17.7. The maximum absolute atomic E-state index is 13.4. The number of hydrogen-bond acceptors (Lipinski definition) is 5. The summed E-state index contributed by atoms with van der Waals surface area (Å²) < 4.78 is 5.24. The van der Waals surface area contributed by atoms with Gasteiger partial charge in [-0.05, 0) is 80.3 Å². The number of hydrogen-bond donors (Lipinski definition) is 0. The lowest BCUT2D eigenvalue weighted by Crippen LogP contribution is -2.49. The summed E-state index contributed by atoms with van der Waals surface area (Å²) in [4.78, 5) is 39.3. The minimum Gasteiger partial charge on any atom is -0.497 e. The van der Waals surface area contributed by atoms with Gasteiger partial charge in [0.1, 0.15) is 11.6 Å². The Morgan fingerprint density at radius 3 is 2.33 bits per heavy atom. The number of carbonyl (C=O) groups excluding carboxylic acids is 2. The van der Waals surface area contributed by atoms with Gasteiger partial charge in [0, 0.05) is 56.7 Å². The van der Waals surface area contributed by atoms with Gasteiger partial charge in [-0.25, -0.2) is 9.78 Å². The van der Waals surface area contributed by atoms with Crippen molar-refractivity contribution < 1.29 is 14.3 Å². The number of aryl methyl sites for hydroxylation is 3. The molecule has 39 heavy (non-hydrogen) atoms. The zero-order valence-electron chi connectivity index (χ0n) is 23.5. The fourth-order valence-corrected chi connectivity index (χ4v) is 5.64. The number of carbonyl (C=O) groups is 2. The largest absolute Gasteiger partial charge is 0.497 e. The van der Waals surface area contributed by atoms with Crippen molar-refractivity contribution in [2.45, 2.75) is 40.3 Å². The van der Waals surface area contributed by atoms with Crippen molar-refractivity contribution in [1.29, 1.82) is 0 Å². The SMILES string of the molecule is COc1ccc(CN2CC(C)N(c3ccc(C(=O)N4CCN(c5ncc(C)cc5C)CC4)c(C)c3)C2=O)cc1. The van der Waals surface area contributed by atoms with Crippen LogP contribution in [0.2, 0.25) is 0 Å². The number of anilines is 2. The minimum atomic E-state index is -0.0204. The molecule has 1 aromatic heterocycles. The van der Waals surface area contributed by atoms with Crippen LogP contribution in [-0.4, -0.2) is 72.6 Å². The molecule has 2 aliphatic heterocycles. The first-order valence-corrected chi connectivity index (χ1v) is 13.5. The first kappa shape index (κ1) is 26.5. The van der Waals surface area contributed by atoms with Crippen LogP contribution in [0, 0.1) is 20.8 Å². The molecule has 2 saturated heterocycles. The van der Waals surface area contributed by atoms with E-state index in [4.69, 9.17) is 4.74 Å². The van der Waals surface area contributed by atoms with Crippen LogP contribution in [0.5, 0.6) is 5.75 Å². The molecule has 1 unspecified atom stereocenters. The maximum Gasteiger partial charge on any atom is 0.325 e. The van der Waals surface area contributed by atoms with Crippen LogP contribution in [0.3, 0.4) is 0 Å². The number of benzene rings is 2. The maximum atomic E-state index is 13.4. The Bertz CT molecular complexity index is 1370. The van der Waals surface area contributed by atoms with Gasteiger partial charge in [-0.1, -0.05) is 18.2 Å². The molecular weight excluding hydrogens is 490 g/mol. The molecule has 3 aromatic rings. The summed E-state index contributed by atoms with van der Waals surface area (Å²) in [6, 6.07) is 15.7. The molecule has 2 aromatic carbocycles. The number of piperazine rings is 1. The van der Waals surface area contributed by atoms with Gasteiger partial charge >= 0.3 is 6.03 Å². The third-order valence-corrected chi connectivity index (χ3v) is 7.71. The topological polar surface area (TPSA) is 69.2 Å². The first-order chi connectivity index (χ1) is 18.7. The summed E-state index contributed by atoms with van der Waals surface area (Å²) in [7, 11) is 1.64. The van der Waals surface area contributed by atoms with E-state index in [-0.39, 0.29) is 18.0 Å². The molecule has 0 N–H and O–H groups in total. The van der Waals surface area contributed by atoms with E-state index in [0.717, 1.165) is 52.6 Å². The zero-order valence-corrected chi connectivity index (χ0v) is 23.5. The standard InChI is InChI=1S/C31H37N5O3/c1-21-16-23(3)29(32-18-21)33-12-14-34(15-13-33)30(37)28-11-8-26(17-22(28)2)36-24(4)19-35(31(36)38)20-25-6-9-27(39-5)10-7-25/h6-11,16-18,24H,12-15,19-20H2,1-5H3. The van der Waals surface area contributed by atoms with E-state index in [9.17, 15) is 9.59 Å². The van der Waals surface area contributed by atoms with E-state index in [0.29, 0.717) is 31.7 Å². The molecular formula is C31H37N5O3. The van der Waals surface area contributed by atoms with Crippen molar-refractivity contribution in [3.63, 3.8) is 0 Å². The van der Waals surface area contributed by atoms with Crippen LogP contribution >= 0.6 is 0 Å². The number of ether oxygens (including phenoxy) is 1. The van der Waals surface area contributed by atoms with Crippen LogP contribution in [0.25, 0.3) is 0 Å². The predicted octanol–water partition coefficient (Wildman–Crippen LogP) is 4.81. The second kappa shape index (κ2) is 11.0. The van der Waals surface area contributed by atoms with E-state index >= 15 is 0 Å². The quantitative estimate of drug-likeness (QED) is 0.460. The summed E-state index contributed by atoms with van der Waals surface area (Å²) in [5.74, 6) is 1.83. The molecule has 8 heteroatoms. The molecule has 2 aliphatic rings. The van der Waals surface area contributed by atoms with Gasteiger partial charge in [-0.2, -0.15) is 0 Å². The van der Waals surface area contributed by atoms with Crippen LogP contribution in [-0.2, 0) is 6.54 Å². The molecule has 0 bridgehead atoms. The predicted molar refractivity (Wildman–Crippen MR) is 154 cm³/mol. The Labute approximate surface area is 230 Å². The fourth-order valence-electron chi connectivity index (χ4n) is 5.64. The number of nitrogens with zero attached hydrogens (tertiary/aromatic N) is 5. The minimum absolute atomic E-state index is 0.0204. The van der Waals surface area contributed by atoms with Crippen LogP contribution in [0.1, 0.15) is 39.5 Å². The third kappa shape index (κ3) is 5.41. The molecule has 3 amide bonds. The highest BCUT2D eigenvalue weighted by molar-refractivity contribution is 5.98. The van der Waals surface area contributed by atoms with Gasteiger partial charge in [0.15, 0.2) is 0 Å². The van der Waals surface area contributed by atoms with Crippen molar-refractivity contribution in [3.05, 3.63) is 82.5 Å². The molecule has 3 heterocycles. The molecule has 0 spiro atoms. The van der Waals surface area contributed by atoms with Crippen LogP contribution < -0.4 is 14.5 Å². The Morgan fingerprint density at radius 2 is 1.69 bits per heavy atom. The summed E-state index contributed by atoms with van der Waals surface area (Å²) in [6.45, 7) is 12.1. The van der Waals surface area contributed by atoms with Gasteiger partial charge in [0.05, 0.1) is 13.2 Å². The smallest absolute Gasteiger partial charge is 0.325 e. The molecule has 5 rings (SSSR count). The summed E-state index contributed by atoms with van der Waals surface area (Å²) >= 11 is 0. The zero-order chi connectivity index (χ0) is 27.7. The van der Waals surface area contributed by atoms with Crippen molar-refractivity contribution in [2.75, 3.05) is 49.6 Å². The monoisotopic (exact) mass is 527 g/mol. The second-order valence-corrected chi connectivity index (χ2v) is 10.7. The van der Waals surface area contributed by atoms with E-state index < -0.39 is 0 Å². The summed E-state index contributed by atoms with van der Waals surface area (Å²) in [5, 5.41) is 0. The molecule has 0 aliphatic carbocycles. The molecule has 1 atom stereocenters. The van der Waals surface area contributed by atoms with E-state index in [1.807, 2.05) is 77.2 Å². The Kier molecular flexibility index (Phi) is 7.46.